The van der Waals surface area contributed by atoms with Crippen molar-refractivity contribution in [3.8, 4) is 0 Å². The van der Waals surface area contributed by atoms with E-state index in [1.807, 2.05) is 43.3 Å². The summed E-state index contributed by atoms with van der Waals surface area (Å²) in [5.74, 6) is 0. The van der Waals surface area contributed by atoms with E-state index in [-0.39, 0.29) is 0 Å². The Bertz CT molecular complexity index is 396. The number of benzene rings is 1. The van der Waals surface area contributed by atoms with Crippen molar-refractivity contribution in [2.45, 2.75) is 13.3 Å². The lowest BCUT2D eigenvalue weighted by atomic mass is 10.1. The Morgan fingerprint density at radius 3 is 2.69 bits per heavy atom. The maximum absolute atomic E-state index is 10.4. The predicted octanol–water partition coefficient (Wildman–Crippen LogP) is 2.13. The maximum atomic E-state index is 10.4. The molecular formula is C12H15N3O. The average molecular weight is 217 g/mol. The van der Waals surface area contributed by atoms with Crippen LogP contribution in [0.1, 0.15) is 18.9 Å². The van der Waals surface area contributed by atoms with Gasteiger partial charge in [0.1, 0.15) is 0 Å². The number of urea groups is 1. The molecule has 0 heterocycles. The third-order valence-electron chi connectivity index (χ3n) is 1.96. The number of hydrazone groups is 1. The average Bonchev–Trinajstić information content (AvgIpc) is 2.28. The van der Waals surface area contributed by atoms with Gasteiger partial charge in [-0.15, -0.1) is 0 Å². The molecule has 2 amide bonds. The number of nitrogens with zero attached hydrogens (tertiary/aromatic N) is 1. The lowest BCUT2D eigenvalue weighted by Crippen LogP contribution is -2.24. The first-order valence-corrected chi connectivity index (χ1v) is 5.06. The molecule has 3 N–H and O–H groups in total. The SMILES string of the molecule is CCC(/C=N\NC(N)=O)=C\c1ccccc1. The van der Waals surface area contributed by atoms with Crippen molar-refractivity contribution in [1.82, 2.24) is 5.43 Å². The van der Waals surface area contributed by atoms with Crippen LogP contribution in [-0.2, 0) is 0 Å². The van der Waals surface area contributed by atoms with E-state index in [4.69, 9.17) is 5.73 Å². The molecular weight excluding hydrogens is 202 g/mol. The molecule has 1 aromatic carbocycles. The lowest BCUT2D eigenvalue weighted by molar-refractivity contribution is 0.249. The van der Waals surface area contributed by atoms with Gasteiger partial charge in [0.15, 0.2) is 0 Å². The highest BCUT2D eigenvalue weighted by Crippen LogP contribution is 2.07. The highest BCUT2D eigenvalue weighted by Gasteiger charge is 1.92. The van der Waals surface area contributed by atoms with Gasteiger partial charge >= 0.3 is 6.03 Å². The summed E-state index contributed by atoms with van der Waals surface area (Å²) in [7, 11) is 0. The molecule has 0 saturated carbocycles. The van der Waals surface area contributed by atoms with Crippen LogP contribution in [0.15, 0.2) is 41.0 Å². The monoisotopic (exact) mass is 217 g/mol. The molecule has 0 aliphatic rings. The number of rotatable bonds is 4. The second-order valence-corrected chi connectivity index (χ2v) is 3.22. The summed E-state index contributed by atoms with van der Waals surface area (Å²) < 4.78 is 0. The molecule has 0 saturated heterocycles. The first kappa shape index (κ1) is 12.0. The Morgan fingerprint density at radius 1 is 1.44 bits per heavy atom. The van der Waals surface area contributed by atoms with Crippen LogP contribution in [0.5, 0.6) is 0 Å². The van der Waals surface area contributed by atoms with Gasteiger partial charge in [-0.05, 0) is 17.6 Å². The first-order chi connectivity index (χ1) is 7.72. The second kappa shape index (κ2) is 6.40. The number of nitrogens with one attached hydrogen (secondary N) is 1. The zero-order chi connectivity index (χ0) is 11.8. The summed E-state index contributed by atoms with van der Waals surface area (Å²) in [5, 5.41) is 3.72. The van der Waals surface area contributed by atoms with Crippen molar-refractivity contribution in [1.29, 1.82) is 0 Å². The zero-order valence-corrected chi connectivity index (χ0v) is 9.18. The fraction of sp³-hybridized carbons (Fsp3) is 0.167. The fourth-order valence-corrected chi connectivity index (χ4v) is 1.17. The van der Waals surface area contributed by atoms with Crippen molar-refractivity contribution < 1.29 is 4.79 Å². The van der Waals surface area contributed by atoms with E-state index in [9.17, 15) is 4.79 Å². The van der Waals surface area contributed by atoms with E-state index in [1.165, 1.54) is 0 Å². The van der Waals surface area contributed by atoms with E-state index in [2.05, 4.69) is 10.5 Å². The highest BCUT2D eigenvalue weighted by atomic mass is 16.2. The van der Waals surface area contributed by atoms with Gasteiger partial charge in [0.25, 0.3) is 0 Å². The molecule has 0 aromatic heterocycles. The number of hydrogen-bond donors (Lipinski definition) is 2. The Hall–Kier alpha value is -2.10. The maximum Gasteiger partial charge on any atom is 0.332 e. The van der Waals surface area contributed by atoms with Crippen LogP contribution in [0.3, 0.4) is 0 Å². The Labute approximate surface area is 94.8 Å². The summed E-state index contributed by atoms with van der Waals surface area (Å²) in [4.78, 5) is 10.4. The molecule has 4 nitrogen and oxygen atoms in total. The molecule has 84 valence electrons. The zero-order valence-electron chi connectivity index (χ0n) is 9.18. The van der Waals surface area contributed by atoms with E-state index in [0.717, 1.165) is 17.6 Å². The molecule has 1 rings (SSSR count). The van der Waals surface area contributed by atoms with Crippen molar-refractivity contribution in [2.75, 3.05) is 0 Å². The first-order valence-electron chi connectivity index (χ1n) is 5.06. The van der Waals surface area contributed by atoms with E-state index < -0.39 is 6.03 Å². The van der Waals surface area contributed by atoms with Crippen LogP contribution in [0, 0.1) is 0 Å². The van der Waals surface area contributed by atoms with Crippen LogP contribution in [-0.4, -0.2) is 12.2 Å². The third-order valence-corrected chi connectivity index (χ3v) is 1.96. The van der Waals surface area contributed by atoms with Gasteiger partial charge in [-0.2, -0.15) is 5.10 Å². The van der Waals surface area contributed by atoms with E-state index in [1.54, 1.807) is 6.21 Å². The molecule has 0 radical (unpaired) electrons. The summed E-state index contributed by atoms with van der Waals surface area (Å²) in [6, 6.07) is 9.25. The molecule has 16 heavy (non-hydrogen) atoms. The largest absolute Gasteiger partial charge is 0.350 e. The lowest BCUT2D eigenvalue weighted by Gasteiger charge is -1.98. The summed E-state index contributed by atoms with van der Waals surface area (Å²) in [6.45, 7) is 2.02. The number of amides is 2. The number of primary amides is 1. The smallest absolute Gasteiger partial charge is 0.332 e. The molecule has 0 bridgehead atoms. The number of carbonyl (C=O) groups excluding carboxylic acids is 1. The summed E-state index contributed by atoms with van der Waals surface area (Å²) in [5.41, 5.74) is 9.17. The van der Waals surface area contributed by atoms with Gasteiger partial charge in [0.05, 0.1) is 6.21 Å². The van der Waals surface area contributed by atoms with Crippen LogP contribution < -0.4 is 11.2 Å². The third kappa shape index (κ3) is 4.41. The highest BCUT2D eigenvalue weighted by molar-refractivity contribution is 5.86. The van der Waals surface area contributed by atoms with Gasteiger partial charge in [-0.1, -0.05) is 43.3 Å². The number of carbonyl (C=O) groups is 1. The van der Waals surface area contributed by atoms with Crippen LogP contribution in [0.2, 0.25) is 0 Å². The Balaban J connectivity index is 2.71. The quantitative estimate of drug-likeness (QED) is 0.588. The minimum absolute atomic E-state index is 0.661. The number of hydrogen-bond acceptors (Lipinski definition) is 2. The van der Waals surface area contributed by atoms with Crippen molar-refractivity contribution in [3.05, 3.63) is 41.5 Å². The van der Waals surface area contributed by atoms with Crippen LogP contribution in [0.4, 0.5) is 4.79 Å². The van der Waals surface area contributed by atoms with Crippen molar-refractivity contribution in [2.24, 2.45) is 10.8 Å². The van der Waals surface area contributed by atoms with E-state index in [0.29, 0.717) is 0 Å². The summed E-state index contributed by atoms with van der Waals surface area (Å²) in [6.07, 6.45) is 4.43. The van der Waals surface area contributed by atoms with Gasteiger partial charge in [-0.3, -0.25) is 0 Å². The second-order valence-electron chi connectivity index (χ2n) is 3.22. The minimum atomic E-state index is -0.661. The predicted molar refractivity (Wildman–Crippen MR) is 65.9 cm³/mol. The molecule has 0 aliphatic carbocycles. The van der Waals surface area contributed by atoms with Gasteiger partial charge in [0.2, 0.25) is 0 Å². The molecule has 0 fully saturated rings. The number of allylic oxidation sites excluding steroid dienone is 1. The standard InChI is InChI=1S/C12H15N3O/c1-2-10(9-14-15-12(13)16)8-11-6-4-3-5-7-11/h3-9H,2H2,1H3,(H3,13,15,16)/b10-8+,14-9-. The molecule has 1 aromatic rings. The summed E-state index contributed by atoms with van der Waals surface area (Å²) >= 11 is 0. The van der Waals surface area contributed by atoms with Gasteiger partial charge in [0, 0.05) is 0 Å². The van der Waals surface area contributed by atoms with Crippen molar-refractivity contribution >= 4 is 18.3 Å². The topological polar surface area (TPSA) is 67.5 Å². The molecule has 0 unspecified atom stereocenters. The van der Waals surface area contributed by atoms with Crippen LogP contribution >= 0.6 is 0 Å². The van der Waals surface area contributed by atoms with Crippen molar-refractivity contribution in [3.63, 3.8) is 0 Å². The van der Waals surface area contributed by atoms with Gasteiger partial charge in [-0.25, -0.2) is 10.2 Å². The van der Waals surface area contributed by atoms with Gasteiger partial charge < -0.3 is 5.73 Å². The molecule has 4 heteroatoms. The molecule has 0 atom stereocenters. The van der Waals surface area contributed by atoms with Crippen LogP contribution in [0.25, 0.3) is 6.08 Å². The minimum Gasteiger partial charge on any atom is -0.350 e. The van der Waals surface area contributed by atoms with E-state index >= 15 is 0 Å². The number of nitrogens with two attached hydrogens (primary N) is 1. The molecule has 0 aliphatic heterocycles. The Kier molecular flexibility index (Phi) is 4.79. The fourth-order valence-electron chi connectivity index (χ4n) is 1.17. The normalized spacial score (nSPS) is 11.7. The molecule has 0 spiro atoms. The Morgan fingerprint density at radius 2 is 2.12 bits per heavy atom.